The van der Waals surface area contributed by atoms with Crippen LogP contribution < -0.4 is 0 Å². The minimum absolute atomic E-state index is 0.600. The third-order valence-corrected chi connectivity index (χ3v) is 1.69. The summed E-state index contributed by atoms with van der Waals surface area (Å²) in [4.78, 5) is 4.04. The highest BCUT2D eigenvalue weighted by molar-refractivity contribution is 5.73. The second kappa shape index (κ2) is 4.26. The molecule has 0 aromatic carbocycles. The summed E-state index contributed by atoms with van der Waals surface area (Å²) in [6, 6.07) is 0. The molecule has 0 spiro atoms. The van der Waals surface area contributed by atoms with Gasteiger partial charge in [-0.05, 0) is 12.5 Å². The average molecular weight is 155 g/mol. The van der Waals surface area contributed by atoms with Gasteiger partial charge in [-0.25, -0.2) is 0 Å². The predicted molar refractivity (Wildman–Crippen MR) is 43.7 cm³/mol. The first kappa shape index (κ1) is 8.43. The number of ether oxygens (including phenoxy) is 1. The number of nitrogens with zero attached hydrogens (tertiary/aromatic N) is 1. The third kappa shape index (κ3) is 2.82. The molecule has 1 aliphatic rings. The van der Waals surface area contributed by atoms with Crippen molar-refractivity contribution < 1.29 is 9.84 Å². The van der Waals surface area contributed by atoms with Crippen LogP contribution >= 0.6 is 0 Å². The Morgan fingerprint density at radius 3 is 3.18 bits per heavy atom. The number of rotatable bonds is 3. The van der Waals surface area contributed by atoms with Crippen molar-refractivity contribution >= 4 is 6.21 Å². The van der Waals surface area contributed by atoms with E-state index in [1.165, 1.54) is 12.7 Å². The monoisotopic (exact) mass is 155 g/mol. The molecule has 0 fully saturated rings. The Bertz CT molecular complexity index is 175. The summed E-state index contributed by atoms with van der Waals surface area (Å²) in [6.07, 6.45) is 4.60. The van der Waals surface area contributed by atoms with E-state index in [0.29, 0.717) is 6.42 Å². The molecular formula is C8H13NO2. The van der Waals surface area contributed by atoms with Crippen molar-refractivity contribution in [2.75, 3.05) is 13.7 Å². The maximum absolute atomic E-state index is 9.10. The Labute approximate surface area is 66.4 Å². The van der Waals surface area contributed by atoms with Crippen molar-refractivity contribution in [1.82, 2.24) is 0 Å². The number of aliphatic imine (C=N–C) groups is 1. The van der Waals surface area contributed by atoms with Gasteiger partial charge in [-0.15, -0.1) is 0 Å². The molecule has 11 heavy (non-hydrogen) atoms. The van der Waals surface area contributed by atoms with Crippen molar-refractivity contribution in [3.05, 3.63) is 11.6 Å². The van der Waals surface area contributed by atoms with Crippen LogP contribution in [-0.4, -0.2) is 31.3 Å². The van der Waals surface area contributed by atoms with Gasteiger partial charge in [0.1, 0.15) is 0 Å². The van der Waals surface area contributed by atoms with Crippen LogP contribution in [0.4, 0.5) is 0 Å². The summed E-state index contributed by atoms with van der Waals surface area (Å²) in [5.74, 6) is 0. The SMILES string of the molecule is COC(O)CC1=CC=NCC1. The van der Waals surface area contributed by atoms with Crippen LogP contribution in [0, 0.1) is 0 Å². The first-order chi connectivity index (χ1) is 5.33. The number of dihydropyridines is 1. The first-order valence-electron chi connectivity index (χ1n) is 3.71. The lowest BCUT2D eigenvalue weighted by Gasteiger charge is -2.12. The topological polar surface area (TPSA) is 41.8 Å². The van der Waals surface area contributed by atoms with Crippen molar-refractivity contribution in [2.45, 2.75) is 19.1 Å². The van der Waals surface area contributed by atoms with E-state index in [2.05, 4.69) is 4.99 Å². The maximum Gasteiger partial charge on any atom is 0.157 e. The van der Waals surface area contributed by atoms with Gasteiger partial charge in [0.2, 0.25) is 0 Å². The van der Waals surface area contributed by atoms with Gasteiger partial charge in [0.25, 0.3) is 0 Å². The van der Waals surface area contributed by atoms with Gasteiger partial charge in [-0.2, -0.15) is 0 Å². The van der Waals surface area contributed by atoms with Crippen molar-refractivity contribution in [2.24, 2.45) is 4.99 Å². The molecule has 0 bridgehead atoms. The van der Waals surface area contributed by atoms with Gasteiger partial charge < -0.3 is 9.84 Å². The molecule has 3 nitrogen and oxygen atoms in total. The molecule has 0 saturated carbocycles. The Hall–Kier alpha value is -0.670. The highest BCUT2D eigenvalue weighted by Crippen LogP contribution is 2.12. The van der Waals surface area contributed by atoms with Crippen molar-refractivity contribution in [3.63, 3.8) is 0 Å². The molecule has 62 valence electrons. The highest BCUT2D eigenvalue weighted by atomic mass is 16.6. The molecule has 1 rings (SSSR count). The van der Waals surface area contributed by atoms with Crippen molar-refractivity contribution in [3.8, 4) is 0 Å². The number of allylic oxidation sites excluding steroid dienone is 1. The largest absolute Gasteiger partial charge is 0.368 e. The Morgan fingerprint density at radius 2 is 2.64 bits per heavy atom. The molecule has 0 aromatic heterocycles. The van der Waals surface area contributed by atoms with E-state index in [4.69, 9.17) is 9.84 Å². The van der Waals surface area contributed by atoms with Crippen LogP contribution in [-0.2, 0) is 4.74 Å². The van der Waals surface area contributed by atoms with Gasteiger partial charge in [-0.1, -0.05) is 5.57 Å². The summed E-state index contributed by atoms with van der Waals surface area (Å²) in [7, 11) is 1.50. The Balaban J connectivity index is 2.35. The van der Waals surface area contributed by atoms with Crippen molar-refractivity contribution in [1.29, 1.82) is 0 Å². The molecule has 1 aliphatic heterocycles. The summed E-state index contributed by atoms with van der Waals surface area (Å²) < 4.78 is 4.72. The van der Waals surface area contributed by atoms with E-state index < -0.39 is 6.29 Å². The van der Waals surface area contributed by atoms with Crippen LogP contribution in [0.2, 0.25) is 0 Å². The van der Waals surface area contributed by atoms with Crippen LogP contribution in [0.25, 0.3) is 0 Å². The smallest absolute Gasteiger partial charge is 0.157 e. The second-order valence-electron chi connectivity index (χ2n) is 2.52. The van der Waals surface area contributed by atoms with Gasteiger partial charge in [0.15, 0.2) is 6.29 Å². The number of aliphatic hydroxyl groups excluding tert-OH is 1. The number of hydrogen-bond donors (Lipinski definition) is 1. The molecule has 0 aromatic rings. The van der Waals surface area contributed by atoms with E-state index in [9.17, 15) is 0 Å². The van der Waals surface area contributed by atoms with E-state index >= 15 is 0 Å². The summed E-state index contributed by atoms with van der Waals surface area (Å²) in [5.41, 5.74) is 1.20. The van der Waals surface area contributed by atoms with Gasteiger partial charge in [0.05, 0.1) is 0 Å². The number of aliphatic hydroxyl groups is 1. The zero-order valence-corrected chi connectivity index (χ0v) is 6.66. The lowest BCUT2D eigenvalue weighted by molar-refractivity contribution is -0.0723. The molecule has 3 heteroatoms. The molecule has 1 N–H and O–H groups in total. The minimum Gasteiger partial charge on any atom is -0.368 e. The molecule has 1 heterocycles. The first-order valence-corrected chi connectivity index (χ1v) is 3.71. The summed E-state index contributed by atoms with van der Waals surface area (Å²) in [6.45, 7) is 0.836. The zero-order valence-electron chi connectivity index (χ0n) is 6.66. The third-order valence-electron chi connectivity index (χ3n) is 1.69. The van der Waals surface area contributed by atoms with Gasteiger partial charge in [0, 0.05) is 26.3 Å². The van der Waals surface area contributed by atoms with E-state index in [0.717, 1.165) is 13.0 Å². The fourth-order valence-corrected chi connectivity index (χ4v) is 1.00. The van der Waals surface area contributed by atoms with Crippen LogP contribution in [0.3, 0.4) is 0 Å². The van der Waals surface area contributed by atoms with Crippen LogP contribution in [0.15, 0.2) is 16.6 Å². The van der Waals surface area contributed by atoms with E-state index in [1.807, 2.05) is 6.08 Å². The standard InChI is InChI=1S/C8H13NO2/c1-11-8(10)6-7-2-4-9-5-3-7/h2,4,8,10H,3,5-6H2,1H3. The lowest BCUT2D eigenvalue weighted by atomic mass is 10.1. The number of hydrogen-bond acceptors (Lipinski definition) is 3. The number of methoxy groups -OCH3 is 1. The molecule has 1 unspecified atom stereocenters. The molecule has 0 aliphatic carbocycles. The fraction of sp³-hybridized carbons (Fsp3) is 0.625. The molecule has 0 amide bonds. The van der Waals surface area contributed by atoms with E-state index in [-0.39, 0.29) is 0 Å². The Morgan fingerprint density at radius 1 is 1.82 bits per heavy atom. The minimum atomic E-state index is -0.659. The molecular weight excluding hydrogens is 142 g/mol. The van der Waals surface area contributed by atoms with E-state index in [1.54, 1.807) is 6.21 Å². The highest BCUT2D eigenvalue weighted by Gasteiger charge is 2.06. The normalized spacial score (nSPS) is 19.6. The molecule has 1 atom stereocenters. The second-order valence-corrected chi connectivity index (χ2v) is 2.52. The molecule has 0 radical (unpaired) electrons. The van der Waals surface area contributed by atoms with Crippen LogP contribution in [0.1, 0.15) is 12.8 Å². The Kier molecular flexibility index (Phi) is 3.26. The summed E-state index contributed by atoms with van der Waals surface area (Å²) in [5, 5.41) is 9.10. The van der Waals surface area contributed by atoms with Gasteiger partial charge >= 0.3 is 0 Å². The predicted octanol–water partition coefficient (Wildman–Crippen LogP) is 0.742. The zero-order chi connectivity index (χ0) is 8.10. The van der Waals surface area contributed by atoms with Crippen LogP contribution in [0.5, 0.6) is 0 Å². The maximum atomic E-state index is 9.10. The summed E-state index contributed by atoms with van der Waals surface area (Å²) >= 11 is 0. The molecule has 0 saturated heterocycles. The lowest BCUT2D eigenvalue weighted by Crippen LogP contribution is -2.11. The quantitative estimate of drug-likeness (QED) is 0.611. The average Bonchev–Trinajstić information content (AvgIpc) is 2.06. The van der Waals surface area contributed by atoms with Gasteiger partial charge in [-0.3, -0.25) is 4.99 Å². The fourth-order valence-electron chi connectivity index (χ4n) is 1.00.